The Balaban J connectivity index is 2.30. The maximum atomic E-state index is 11.3. The normalized spacial score (nSPS) is 19.2. The molecular formula is C13H25ClO3S. The Morgan fingerprint density at radius 1 is 1.17 bits per heavy atom. The lowest BCUT2D eigenvalue weighted by Crippen LogP contribution is -2.30. The SMILES string of the molecule is CCCCCCOCC1(CS(=O)(=O)Cl)CCCC1. The van der Waals surface area contributed by atoms with E-state index >= 15 is 0 Å². The van der Waals surface area contributed by atoms with Crippen LogP contribution in [0.4, 0.5) is 0 Å². The third kappa shape index (κ3) is 6.39. The van der Waals surface area contributed by atoms with Gasteiger partial charge in [-0.1, -0.05) is 39.0 Å². The predicted octanol–water partition coefficient (Wildman–Crippen LogP) is 3.71. The van der Waals surface area contributed by atoms with E-state index in [1.54, 1.807) is 0 Å². The highest BCUT2D eigenvalue weighted by molar-refractivity contribution is 8.13. The average Bonchev–Trinajstić information content (AvgIpc) is 2.69. The lowest BCUT2D eigenvalue weighted by Gasteiger charge is -2.27. The van der Waals surface area contributed by atoms with E-state index in [-0.39, 0.29) is 11.2 Å². The van der Waals surface area contributed by atoms with Gasteiger partial charge in [0.05, 0.1) is 12.4 Å². The molecule has 1 saturated carbocycles. The summed E-state index contributed by atoms with van der Waals surface area (Å²) >= 11 is 0. The van der Waals surface area contributed by atoms with Gasteiger partial charge in [0.25, 0.3) is 0 Å². The van der Waals surface area contributed by atoms with E-state index in [0.29, 0.717) is 6.61 Å². The van der Waals surface area contributed by atoms with Gasteiger partial charge in [-0.3, -0.25) is 0 Å². The standard InChI is InChI=1S/C13H25ClO3S/c1-2-3-4-7-10-17-11-13(8-5-6-9-13)12-18(14,15)16/h2-12H2,1H3. The maximum absolute atomic E-state index is 11.3. The summed E-state index contributed by atoms with van der Waals surface area (Å²) in [6.07, 6.45) is 8.74. The topological polar surface area (TPSA) is 43.4 Å². The van der Waals surface area contributed by atoms with Crippen molar-refractivity contribution in [1.29, 1.82) is 0 Å². The Bertz CT molecular complexity index is 321. The smallest absolute Gasteiger partial charge is 0.233 e. The number of rotatable bonds is 9. The Kier molecular flexibility index (Phi) is 6.96. The largest absolute Gasteiger partial charge is 0.381 e. The molecule has 1 aliphatic carbocycles. The van der Waals surface area contributed by atoms with Crippen LogP contribution in [-0.4, -0.2) is 27.4 Å². The van der Waals surface area contributed by atoms with Crippen molar-refractivity contribution in [3.63, 3.8) is 0 Å². The first-order valence-corrected chi connectivity index (χ1v) is 9.45. The molecular weight excluding hydrogens is 272 g/mol. The zero-order valence-electron chi connectivity index (χ0n) is 11.3. The third-order valence-electron chi connectivity index (χ3n) is 3.69. The molecule has 0 aromatic heterocycles. The summed E-state index contributed by atoms with van der Waals surface area (Å²) in [5.41, 5.74) is -0.217. The van der Waals surface area contributed by atoms with Crippen LogP contribution in [-0.2, 0) is 13.8 Å². The Hall–Kier alpha value is 0.200. The maximum Gasteiger partial charge on any atom is 0.233 e. The highest BCUT2D eigenvalue weighted by Gasteiger charge is 2.37. The van der Waals surface area contributed by atoms with E-state index in [1.807, 2.05) is 0 Å². The second-order valence-electron chi connectivity index (χ2n) is 5.50. The van der Waals surface area contributed by atoms with E-state index in [4.69, 9.17) is 15.4 Å². The fraction of sp³-hybridized carbons (Fsp3) is 1.00. The molecule has 0 spiro atoms. The molecule has 0 radical (unpaired) electrons. The summed E-state index contributed by atoms with van der Waals surface area (Å²) in [4.78, 5) is 0. The monoisotopic (exact) mass is 296 g/mol. The van der Waals surface area contributed by atoms with Crippen molar-refractivity contribution in [2.45, 2.75) is 58.3 Å². The van der Waals surface area contributed by atoms with Gasteiger partial charge in [-0.2, -0.15) is 0 Å². The molecule has 0 heterocycles. The molecule has 0 aromatic rings. The van der Waals surface area contributed by atoms with Gasteiger partial charge in [-0.25, -0.2) is 8.42 Å². The van der Waals surface area contributed by atoms with Crippen LogP contribution in [0, 0.1) is 5.41 Å². The molecule has 0 aromatic carbocycles. The van der Waals surface area contributed by atoms with Crippen molar-refractivity contribution < 1.29 is 13.2 Å². The Morgan fingerprint density at radius 2 is 1.83 bits per heavy atom. The van der Waals surface area contributed by atoms with Crippen molar-refractivity contribution in [2.24, 2.45) is 5.41 Å². The van der Waals surface area contributed by atoms with E-state index in [9.17, 15) is 8.42 Å². The lowest BCUT2D eigenvalue weighted by molar-refractivity contribution is 0.0558. The van der Waals surface area contributed by atoms with Crippen LogP contribution in [0.15, 0.2) is 0 Å². The Labute approximate surface area is 116 Å². The third-order valence-corrected chi connectivity index (χ3v) is 4.98. The predicted molar refractivity (Wildman–Crippen MR) is 75.5 cm³/mol. The molecule has 1 rings (SSSR count). The van der Waals surface area contributed by atoms with E-state index < -0.39 is 9.05 Å². The molecule has 1 aliphatic rings. The summed E-state index contributed by atoms with van der Waals surface area (Å²) in [5, 5.41) is 0. The fourth-order valence-electron chi connectivity index (χ4n) is 2.74. The van der Waals surface area contributed by atoms with Crippen LogP contribution < -0.4 is 0 Å². The van der Waals surface area contributed by atoms with Crippen molar-refractivity contribution >= 4 is 19.7 Å². The van der Waals surface area contributed by atoms with Gasteiger partial charge in [0.1, 0.15) is 0 Å². The van der Waals surface area contributed by atoms with Gasteiger partial charge in [0, 0.05) is 22.7 Å². The van der Waals surface area contributed by atoms with Crippen molar-refractivity contribution in [3.05, 3.63) is 0 Å². The minimum Gasteiger partial charge on any atom is -0.381 e. The minimum absolute atomic E-state index is 0.0660. The quantitative estimate of drug-likeness (QED) is 0.481. The average molecular weight is 297 g/mol. The van der Waals surface area contributed by atoms with Crippen LogP contribution in [0.2, 0.25) is 0 Å². The zero-order valence-corrected chi connectivity index (χ0v) is 12.9. The molecule has 0 aliphatic heterocycles. The second kappa shape index (κ2) is 7.71. The molecule has 3 nitrogen and oxygen atoms in total. The molecule has 0 amide bonds. The highest BCUT2D eigenvalue weighted by atomic mass is 35.7. The first kappa shape index (κ1) is 16.3. The van der Waals surface area contributed by atoms with Gasteiger partial charge < -0.3 is 4.74 Å². The van der Waals surface area contributed by atoms with Crippen molar-refractivity contribution in [3.8, 4) is 0 Å². The Morgan fingerprint density at radius 3 is 2.39 bits per heavy atom. The first-order chi connectivity index (χ1) is 8.47. The van der Waals surface area contributed by atoms with Crippen molar-refractivity contribution in [2.75, 3.05) is 19.0 Å². The van der Waals surface area contributed by atoms with E-state index in [1.165, 1.54) is 19.3 Å². The van der Waals surface area contributed by atoms with Gasteiger partial charge in [-0.15, -0.1) is 0 Å². The minimum atomic E-state index is -3.43. The van der Waals surface area contributed by atoms with Gasteiger partial charge in [0.2, 0.25) is 9.05 Å². The summed E-state index contributed by atoms with van der Waals surface area (Å²) < 4.78 is 28.2. The summed E-state index contributed by atoms with van der Waals surface area (Å²) in [6, 6.07) is 0. The molecule has 5 heteroatoms. The molecule has 0 saturated heterocycles. The van der Waals surface area contributed by atoms with Crippen molar-refractivity contribution in [1.82, 2.24) is 0 Å². The summed E-state index contributed by atoms with van der Waals surface area (Å²) in [7, 11) is 1.98. The number of hydrogen-bond donors (Lipinski definition) is 0. The van der Waals surface area contributed by atoms with E-state index in [2.05, 4.69) is 6.92 Å². The highest BCUT2D eigenvalue weighted by Crippen LogP contribution is 2.40. The fourth-order valence-corrected chi connectivity index (χ4v) is 4.54. The number of ether oxygens (including phenoxy) is 1. The van der Waals surface area contributed by atoms with Gasteiger partial charge in [-0.05, 0) is 19.3 Å². The molecule has 0 atom stereocenters. The second-order valence-corrected chi connectivity index (χ2v) is 8.28. The van der Waals surface area contributed by atoms with Crippen LogP contribution in [0.1, 0.15) is 58.3 Å². The van der Waals surface area contributed by atoms with Crippen LogP contribution in [0.5, 0.6) is 0 Å². The molecule has 18 heavy (non-hydrogen) atoms. The lowest BCUT2D eigenvalue weighted by atomic mass is 9.90. The number of halogens is 1. The molecule has 0 unspecified atom stereocenters. The van der Waals surface area contributed by atoms with Crippen LogP contribution >= 0.6 is 10.7 Å². The summed E-state index contributed by atoms with van der Waals surface area (Å²) in [5.74, 6) is 0.0660. The molecule has 1 fully saturated rings. The molecule has 0 N–H and O–H groups in total. The van der Waals surface area contributed by atoms with Gasteiger partial charge >= 0.3 is 0 Å². The molecule has 0 bridgehead atoms. The van der Waals surface area contributed by atoms with Gasteiger partial charge in [0.15, 0.2) is 0 Å². The summed E-state index contributed by atoms with van der Waals surface area (Å²) in [6.45, 7) is 3.47. The number of hydrogen-bond acceptors (Lipinski definition) is 3. The van der Waals surface area contributed by atoms with Crippen LogP contribution in [0.25, 0.3) is 0 Å². The van der Waals surface area contributed by atoms with E-state index in [0.717, 1.165) is 38.7 Å². The first-order valence-electron chi connectivity index (χ1n) is 6.97. The number of unbranched alkanes of at least 4 members (excludes halogenated alkanes) is 3. The van der Waals surface area contributed by atoms with Crippen LogP contribution in [0.3, 0.4) is 0 Å². The molecule has 108 valence electrons. The zero-order chi connectivity index (χ0) is 13.5.